The van der Waals surface area contributed by atoms with Gasteiger partial charge in [0, 0.05) is 50.3 Å². The van der Waals surface area contributed by atoms with Crippen LogP contribution in [0.1, 0.15) is 41.4 Å². The van der Waals surface area contributed by atoms with Gasteiger partial charge in [0.1, 0.15) is 5.82 Å². The Morgan fingerprint density at radius 2 is 1.71 bits per heavy atom. The van der Waals surface area contributed by atoms with Crippen molar-refractivity contribution in [2.24, 2.45) is 5.92 Å². The van der Waals surface area contributed by atoms with E-state index >= 15 is 0 Å². The lowest BCUT2D eigenvalue weighted by Crippen LogP contribution is -2.42. The Kier molecular flexibility index (Phi) is 5.76. The monoisotopic (exact) mass is 421 g/mol. The van der Waals surface area contributed by atoms with Crippen LogP contribution in [0.15, 0.2) is 30.3 Å². The number of amides is 1. The summed E-state index contributed by atoms with van der Waals surface area (Å²) in [7, 11) is 0. The molecule has 0 N–H and O–H groups in total. The molecule has 2 fully saturated rings. The molecule has 0 radical (unpaired) electrons. The van der Waals surface area contributed by atoms with Crippen molar-refractivity contribution < 1.29 is 9.53 Å². The van der Waals surface area contributed by atoms with Crippen LogP contribution in [0.5, 0.6) is 0 Å². The fourth-order valence-electron chi connectivity index (χ4n) is 4.71. The quantitative estimate of drug-likeness (QED) is 0.760. The van der Waals surface area contributed by atoms with Crippen molar-refractivity contribution in [2.45, 2.75) is 32.7 Å². The standard InChI is InChI=1S/C24H31N5O2/c1-18-7-10-27(11-8-18)22-20-17-29(23(30)19-5-3-2-4-6-19)12-9-21(20)25-24(26-22)28-13-15-31-16-14-28/h2-6,18H,7-17H2,1H3. The molecule has 0 unspecified atom stereocenters. The largest absolute Gasteiger partial charge is 0.378 e. The smallest absolute Gasteiger partial charge is 0.254 e. The normalized spacial score (nSPS) is 20.0. The molecule has 7 heteroatoms. The van der Waals surface area contributed by atoms with Gasteiger partial charge in [-0.05, 0) is 30.9 Å². The average molecular weight is 422 g/mol. The maximum atomic E-state index is 13.1. The Morgan fingerprint density at radius 3 is 2.45 bits per heavy atom. The maximum Gasteiger partial charge on any atom is 0.254 e. The van der Waals surface area contributed by atoms with Gasteiger partial charge in [-0.1, -0.05) is 25.1 Å². The number of fused-ring (bicyclic) bond motifs is 1. The van der Waals surface area contributed by atoms with Gasteiger partial charge in [-0.15, -0.1) is 0 Å². The van der Waals surface area contributed by atoms with E-state index in [0.717, 1.165) is 80.3 Å². The zero-order valence-corrected chi connectivity index (χ0v) is 18.3. The minimum atomic E-state index is 0.0849. The molecule has 4 heterocycles. The number of benzene rings is 1. The van der Waals surface area contributed by atoms with Gasteiger partial charge in [-0.25, -0.2) is 4.98 Å². The van der Waals surface area contributed by atoms with Crippen LogP contribution in [0.3, 0.4) is 0 Å². The molecule has 1 aromatic carbocycles. The molecule has 0 spiro atoms. The second-order valence-corrected chi connectivity index (χ2v) is 8.88. The second kappa shape index (κ2) is 8.83. The fraction of sp³-hybridized carbons (Fsp3) is 0.542. The van der Waals surface area contributed by atoms with Gasteiger partial charge < -0.3 is 19.4 Å². The SMILES string of the molecule is CC1CCN(c2nc(N3CCOCC3)nc3c2CN(C(=O)c2ccccc2)CC3)CC1. The van der Waals surface area contributed by atoms with E-state index in [2.05, 4.69) is 16.7 Å². The van der Waals surface area contributed by atoms with Crippen LogP contribution >= 0.6 is 0 Å². The minimum Gasteiger partial charge on any atom is -0.378 e. The highest BCUT2D eigenvalue weighted by Crippen LogP contribution is 2.32. The lowest BCUT2D eigenvalue weighted by atomic mass is 9.98. The summed E-state index contributed by atoms with van der Waals surface area (Å²) in [6.45, 7) is 8.71. The number of carbonyl (C=O) groups is 1. The molecule has 31 heavy (non-hydrogen) atoms. The van der Waals surface area contributed by atoms with E-state index in [0.29, 0.717) is 13.1 Å². The second-order valence-electron chi connectivity index (χ2n) is 8.88. The molecule has 164 valence electrons. The van der Waals surface area contributed by atoms with E-state index in [4.69, 9.17) is 14.7 Å². The molecule has 3 aliphatic heterocycles. The van der Waals surface area contributed by atoms with E-state index in [-0.39, 0.29) is 5.91 Å². The summed E-state index contributed by atoms with van der Waals surface area (Å²) >= 11 is 0. The summed E-state index contributed by atoms with van der Waals surface area (Å²) in [6, 6.07) is 9.57. The Labute approximate surface area is 184 Å². The Hall–Kier alpha value is -2.67. The molecule has 2 saturated heterocycles. The molecule has 0 aliphatic carbocycles. The molecule has 1 aromatic heterocycles. The number of ether oxygens (including phenoxy) is 1. The highest BCUT2D eigenvalue weighted by atomic mass is 16.5. The highest BCUT2D eigenvalue weighted by molar-refractivity contribution is 5.94. The maximum absolute atomic E-state index is 13.1. The molecule has 7 nitrogen and oxygen atoms in total. The molecular weight excluding hydrogens is 390 g/mol. The van der Waals surface area contributed by atoms with Crippen molar-refractivity contribution in [1.82, 2.24) is 14.9 Å². The lowest BCUT2D eigenvalue weighted by molar-refractivity contribution is 0.0733. The first-order chi connectivity index (χ1) is 15.2. The van der Waals surface area contributed by atoms with E-state index < -0.39 is 0 Å². The van der Waals surface area contributed by atoms with Crippen LogP contribution < -0.4 is 9.80 Å². The molecule has 1 amide bonds. The van der Waals surface area contributed by atoms with E-state index in [1.54, 1.807) is 0 Å². The third-order valence-electron chi connectivity index (χ3n) is 6.71. The lowest BCUT2D eigenvalue weighted by Gasteiger charge is -2.37. The van der Waals surface area contributed by atoms with Gasteiger partial charge in [-0.2, -0.15) is 4.98 Å². The van der Waals surface area contributed by atoms with Crippen LogP contribution in [-0.2, 0) is 17.7 Å². The van der Waals surface area contributed by atoms with Gasteiger partial charge >= 0.3 is 0 Å². The topological polar surface area (TPSA) is 61.8 Å². The number of nitrogens with zero attached hydrogens (tertiary/aromatic N) is 5. The van der Waals surface area contributed by atoms with Gasteiger partial charge in [-0.3, -0.25) is 4.79 Å². The van der Waals surface area contributed by atoms with E-state index in [9.17, 15) is 4.79 Å². The molecule has 5 rings (SSSR count). The fourth-order valence-corrected chi connectivity index (χ4v) is 4.71. The summed E-state index contributed by atoms with van der Waals surface area (Å²) < 4.78 is 5.52. The number of anilines is 2. The van der Waals surface area contributed by atoms with Crippen molar-refractivity contribution in [3.63, 3.8) is 0 Å². The first-order valence-corrected chi connectivity index (χ1v) is 11.5. The number of piperidine rings is 1. The first-order valence-electron chi connectivity index (χ1n) is 11.5. The minimum absolute atomic E-state index is 0.0849. The predicted octanol–water partition coefficient (Wildman–Crippen LogP) is 2.75. The van der Waals surface area contributed by atoms with Crippen molar-refractivity contribution >= 4 is 17.7 Å². The van der Waals surface area contributed by atoms with Crippen molar-refractivity contribution in [3.8, 4) is 0 Å². The number of morpholine rings is 1. The van der Waals surface area contributed by atoms with Gasteiger partial charge in [0.15, 0.2) is 0 Å². The van der Waals surface area contributed by atoms with Crippen LogP contribution in [0.2, 0.25) is 0 Å². The first kappa shape index (κ1) is 20.2. The zero-order chi connectivity index (χ0) is 21.2. The molecule has 0 saturated carbocycles. The van der Waals surface area contributed by atoms with Crippen LogP contribution in [-0.4, -0.2) is 66.7 Å². The van der Waals surface area contributed by atoms with Gasteiger partial charge in [0.05, 0.1) is 25.5 Å². The summed E-state index contributed by atoms with van der Waals surface area (Å²) in [5.74, 6) is 2.69. The van der Waals surface area contributed by atoms with E-state index in [1.165, 1.54) is 12.8 Å². The number of hydrogen-bond donors (Lipinski definition) is 0. The summed E-state index contributed by atoms with van der Waals surface area (Å²) in [5.41, 5.74) is 2.97. The van der Waals surface area contributed by atoms with Crippen molar-refractivity contribution in [3.05, 3.63) is 47.2 Å². The molecule has 2 aromatic rings. The Balaban J connectivity index is 1.47. The van der Waals surface area contributed by atoms with Crippen LogP contribution in [0.25, 0.3) is 0 Å². The Bertz CT molecular complexity index is 921. The van der Waals surface area contributed by atoms with E-state index in [1.807, 2.05) is 35.2 Å². The van der Waals surface area contributed by atoms with Crippen molar-refractivity contribution in [1.29, 1.82) is 0 Å². The number of hydrogen-bond acceptors (Lipinski definition) is 6. The summed E-state index contributed by atoms with van der Waals surface area (Å²) in [5, 5.41) is 0. The van der Waals surface area contributed by atoms with Gasteiger partial charge in [0.2, 0.25) is 5.95 Å². The summed E-state index contributed by atoms with van der Waals surface area (Å²) in [6.07, 6.45) is 3.13. The molecule has 0 atom stereocenters. The number of rotatable bonds is 3. The average Bonchev–Trinajstić information content (AvgIpc) is 2.84. The third kappa shape index (κ3) is 4.24. The highest BCUT2D eigenvalue weighted by Gasteiger charge is 2.30. The van der Waals surface area contributed by atoms with Crippen LogP contribution in [0.4, 0.5) is 11.8 Å². The zero-order valence-electron chi connectivity index (χ0n) is 18.3. The predicted molar refractivity (Wildman–Crippen MR) is 121 cm³/mol. The number of aromatic nitrogens is 2. The third-order valence-corrected chi connectivity index (χ3v) is 6.71. The molecule has 0 bridgehead atoms. The molecule has 3 aliphatic rings. The van der Waals surface area contributed by atoms with Crippen LogP contribution in [0, 0.1) is 5.92 Å². The number of carbonyl (C=O) groups excluding carboxylic acids is 1. The molecular formula is C24H31N5O2. The summed E-state index contributed by atoms with van der Waals surface area (Å²) in [4.78, 5) is 29.7. The van der Waals surface area contributed by atoms with Gasteiger partial charge in [0.25, 0.3) is 5.91 Å². The Morgan fingerprint density at radius 1 is 0.968 bits per heavy atom. The van der Waals surface area contributed by atoms with Crippen molar-refractivity contribution in [2.75, 3.05) is 55.7 Å².